The molecule has 96 valence electrons. The van der Waals surface area contributed by atoms with Gasteiger partial charge in [0.05, 0.1) is 0 Å². The zero-order valence-corrected chi connectivity index (χ0v) is 11.2. The molecule has 0 saturated carbocycles. The van der Waals surface area contributed by atoms with Crippen LogP contribution in [0.2, 0.25) is 0 Å². The van der Waals surface area contributed by atoms with Gasteiger partial charge >= 0.3 is 0 Å². The SMILES string of the molecule is Cc1ccc2c(c1)cc(CN1CCNCC1)n2C. The Balaban J connectivity index is 1.89. The van der Waals surface area contributed by atoms with Crippen LogP contribution in [-0.2, 0) is 13.6 Å². The lowest BCUT2D eigenvalue weighted by Gasteiger charge is -2.27. The van der Waals surface area contributed by atoms with Crippen LogP contribution in [0.4, 0.5) is 0 Å². The van der Waals surface area contributed by atoms with Gasteiger partial charge in [0.25, 0.3) is 0 Å². The monoisotopic (exact) mass is 243 g/mol. The second-order valence-corrected chi connectivity index (χ2v) is 5.28. The molecule has 0 aliphatic carbocycles. The van der Waals surface area contributed by atoms with Gasteiger partial charge < -0.3 is 9.88 Å². The van der Waals surface area contributed by atoms with E-state index in [4.69, 9.17) is 0 Å². The Morgan fingerprint density at radius 1 is 1.17 bits per heavy atom. The minimum Gasteiger partial charge on any atom is -0.346 e. The molecular weight excluding hydrogens is 222 g/mol. The van der Waals surface area contributed by atoms with Crippen molar-refractivity contribution in [2.24, 2.45) is 7.05 Å². The Morgan fingerprint density at radius 2 is 1.94 bits per heavy atom. The maximum absolute atomic E-state index is 3.40. The molecule has 1 N–H and O–H groups in total. The zero-order valence-electron chi connectivity index (χ0n) is 11.2. The third kappa shape index (κ3) is 2.16. The molecule has 0 amide bonds. The largest absolute Gasteiger partial charge is 0.346 e. The van der Waals surface area contributed by atoms with Crippen LogP contribution >= 0.6 is 0 Å². The smallest absolute Gasteiger partial charge is 0.0480 e. The summed E-state index contributed by atoms with van der Waals surface area (Å²) >= 11 is 0. The number of nitrogens with one attached hydrogen (secondary N) is 1. The predicted molar refractivity (Wildman–Crippen MR) is 75.8 cm³/mol. The van der Waals surface area contributed by atoms with Gasteiger partial charge in [-0.05, 0) is 25.1 Å². The van der Waals surface area contributed by atoms with Gasteiger partial charge in [0.2, 0.25) is 0 Å². The Kier molecular flexibility index (Phi) is 3.10. The van der Waals surface area contributed by atoms with Gasteiger partial charge in [-0.2, -0.15) is 0 Å². The van der Waals surface area contributed by atoms with Crippen molar-refractivity contribution in [1.29, 1.82) is 0 Å². The number of benzene rings is 1. The van der Waals surface area contributed by atoms with Crippen molar-refractivity contribution in [2.45, 2.75) is 13.5 Å². The molecule has 1 aliphatic rings. The highest BCUT2D eigenvalue weighted by Crippen LogP contribution is 2.21. The first-order valence-corrected chi connectivity index (χ1v) is 6.72. The van der Waals surface area contributed by atoms with Crippen LogP contribution in [0.3, 0.4) is 0 Å². The lowest BCUT2D eigenvalue weighted by atomic mass is 10.2. The zero-order chi connectivity index (χ0) is 12.5. The highest BCUT2D eigenvalue weighted by atomic mass is 15.2. The van der Waals surface area contributed by atoms with E-state index in [2.05, 4.69) is 53.0 Å². The Labute approximate surface area is 108 Å². The third-order valence-electron chi connectivity index (χ3n) is 3.89. The lowest BCUT2D eigenvalue weighted by Crippen LogP contribution is -2.43. The number of nitrogens with zero attached hydrogens (tertiary/aromatic N) is 2. The van der Waals surface area contributed by atoms with Gasteiger partial charge in [-0.1, -0.05) is 11.6 Å². The summed E-state index contributed by atoms with van der Waals surface area (Å²) in [4.78, 5) is 2.53. The minimum absolute atomic E-state index is 1.06. The molecule has 1 fully saturated rings. The van der Waals surface area contributed by atoms with Gasteiger partial charge in [0, 0.05) is 56.4 Å². The molecule has 0 unspecified atom stereocenters. The van der Waals surface area contributed by atoms with Crippen molar-refractivity contribution in [2.75, 3.05) is 26.2 Å². The minimum atomic E-state index is 1.06. The molecule has 3 heteroatoms. The van der Waals surface area contributed by atoms with Crippen LogP contribution in [0.1, 0.15) is 11.3 Å². The molecule has 1 aromatic carbocycles. The molecule has 3 rings (SSSR count). The quantitative estimate of drug-likeness (QED) is 0.869. The fourth-order valence-electron chi connectivity index (χ4n) is 2.78. The van der Waals surface area contributed by atoms with E-state index in [1.54, 1.807) is 0 Å². The maximum atomic E-state index is 3.40. The molecule has 1 aromatic heterocycles. The van der Waals surface area contributed by atoms with Crippen molar-refractivity contribution >= 4 is 10.9 Å². The summed E-state index contributed by atoms with van der Waals surface area (Å²) in [5, 5.41) is 4.76. The van der Waals surface area contributed by atoms with Crippen LogP contribution in [0.15, 0.2) is 24.3 Å². The number of hydrogen-bond donors (Lipinski definition) is 1. The van der Waals surface area contributed by atoms with E-state index in [1.165, 1.54) is 22.2 Å². The van der Waals surface area contributed by atoms with Crippen molar-refractivity contribution in [1.82, 2.24) is 14.8 Å². The van der Waals surface area contributed by atoms with Gasteiger partial charge in [0.15, 0.2) is 0 Å². The van der Waals surface area contributed by atoms with Crippen LogP contribution < -0.4 is 5.32 Å². The third-order valence-corrected chi connectivity index (χ3v) is 3.89. The topological polar surface area (TPSA) is 20.2 Å². The van der Waals surface area contributed by atoms with E-state index < -0.39 is 0 Å². The summed E-state index contributed by atoms with van der Waals surface area (Å²) in [6.07, 6.45) is 0. The van der Waals surface area contributed by atoms with E-state index in [-0.39, 0.29) is 0 Å². The normalized spacial score (nSPS) is 17.4. The van der Waals surface area contributed by atoms with Crippen molar-refractivity contribution in [3.63, 3.8) is 0 Å². The lowest BCUT2D eigenvalue weighted by molar-refractivity contribution is 0.229. The Hall–Kier alpha value is -1.32. The molecule has 0 bridgehead atoms. The van der Waals surface area contributed by atoms with E-state index in [9.17, 15) is 0 Å². The standard InChI is InChI=1S/C15H21N3/c1-12-3-4-15-13(9-12)10-14(17(15)2)11-18-7-5-16-6-8-18/h3-4,9-10,16H,5-8,11H2,1-2H3. The van der Waals surface area contributed by atoms with Gasteiger partial charge in [-0.3, -0.25) is 4.90 Å². The van der Waals surface area contributed by atoms with E-state index in [0.717, 1.165) is 32.7 Å². The first-order valence-electron chi connectivity index (χ1n) is 6.72. The first kappa shape index (κ1) is 11.8. The summed E-state index contributed by atoms with van der Waals surface area (Å²) in [6, 6.07) is 9.03. The molecule has 2 heterocycles. The average molecular weight is 243 g/mol. The van der Waals surface area contributed by atoms with Gasteiger partial charge in [0.1, 0.15) is 0 Å². The summed E-state index contributed by atoms with van der Waals surface area (Å²) < 4.78 is 2.33. The molecule has 0 spiro atoms. The highest BCUT2D eigenvalue weighted by Gasteiger charge is 2.13. The van der Waals surface area contributed by atoms with Gasteiger partial charge in [-0.15, -0.1) is 0 Å². The Morgan fingerprint density at radius 3 is 2.72 bits per heavy atom. The molecule has 0 atom stereocenters. The Bertz CT molecular complexity index is 550. The summed E-state index contributed by atoms with van der Waals surface area (Å²) in [5.74, 6) is 0. The first-order chi connectivity index (χ1) is 8.74. The number of rotatable bonds is 2. The summed E-state index contributed by atoms with van der Waals surface area (Å²) in [6.45, 7) is 7.75. The van der Waals surface area contributed by atoms with Crippen molar-refractivity contribution in [3.05, 3.63) is 35.5 Å². The number of aryl methyl sites for hydroxylation is 2. The van der Waals surface area contributed by atoms with E-state index in [1.807, 2.05) is 0 Å². The number of piperazine rings is 1. The van der Waals surface area contributed by atoms with Crippen molar-refractivity contribution in [3.8, 4) is 0 Å². The second-order valence-electron chi connectivity index (χ2n) is 5.28. The molecule has 18 heavy (non-hydrogen) atoms. The second kappa shape index (κ2) is 4.75. The maximum Gasteiger partial charge on any atom is 0.0480 e. The van der Waals surface area contributed by atoms with Crippen LogP contribution in [0.25, 0.3) is 10.9 Å². The molecule has 1 saturated heterocycles. The fourth-order valence-corrected chi connectivity index (χ4v) is 2.78. The van der Waals surface area contributed by atoms with E-state index in [0.29, 0.717) is 0 Å². The predicted octanol–water partition coefficient (Wildman–Crippen LogP) is 1.89. The van der Waals surface area contributed by atoms with Crippen molar-refractivity contribution < 1.29 is 0 Å². The molecule has 3 nitrogen and oxygen atoms in total. The fraction of sp³-hybridized carbons (Fsp3) is 0.467. The number of aromatic nitrogens is 1. The highest BCUT2D eigenvalue weighted by molar-refractivity contribution is 5.82. The summed E-state index contributed by atoms with van der Waals surface area (Å²) in [7, 11) is 2.18. The van der Waals surface area contributed by atoms with E-state index >= 15 is 0 Å². The average Bonchev–Trinajstić information content (AvgIpc) is 2.67. The molecule has 0 radical (unpaired) electrons. The van der Waals surface area contributed by atoms with Gasteiger partial charge in [-0.25, -0.2) is 0 Å². The van der Waals surface area contributed by atoms with Crippen LogP contribution in [0, 0.1) is 6.92 Å². The van der Waals surface area contributed by atoms with Crippen LogP contribution in [-0.4, -0.2) is 35.6 Å². The van der Waals surface area contributed by atoms with Crippen LogP contribution in [0.5, 0.6) is 0 Å². The number of hydrogen-bond acceptors (Lipinski definition) is 2. The molecule has 2 aromatic rings. The summed E-state index contributed by atoms with van der Waals surface area (Å²) in [5.41, 5.74) is 4.09. The number of fused-ring (bicyclic) bond motifs is 1. The molecular formula is C15H21N3. The molecule has 1 aliphatic heterocycles.